The van der Waals surface area contributed by atoms with E-state index in [0.29, 0.717) is 25.3 Å². The normalized spacial score (nSPS) is 25.1. The number of hydrogen-bond acceptors (Lipinski definition) is 5. The molecule has 0 heterocycles. The summed E-state index contributed by atoms with van der Waals surface area (Å²) in [4.78, 5) is 11.1. The Bertz CT molecular complexity index is 229. The zero-order valence-corrected chi connectivity index (χ0v) is 10.6. The first-order valence-corrected chi connectivity index (χ1v) is 6.34. The molecule has 0 aliphatic heterocycles. The van der Waals surface area contributed by atoms with Crippen molar-refractivity contribution in [3.05, 3.63) is 0 Å². The SMILES string of the molecule is CCOC(=O)CC(O)CNC1CC(OCC)C1. The van der Waals surface area contributed by atoms with Gasteiger partial charge in [-0.15, -0.1) is 0 Å². The molecule has 0 aromatic heterocycles. The van der Waals surface area contributed by atoms with Gasteiger partial charge in [0, 0.05) is 19.2 Å². The molecule has 1 unspecified atom stereocenters. The van der Waals surface area contributed by atoms with Crippen molar-refractivity contribution in [2.45, 2.75) is 51.4 Å². The van der Waals surface area contributed by atoms with E-state index in [2.05, 4.69) is 5.32 Å². The predicted molar refractivity (Wildman–Crippen MR) is 63.7 cm³/mol. The predicted octanol–water partition coefficient (Wildman–Crippen LogP) is 0.458. The van der Waals surface area contributed by atoms with Crippen LogP contribution < -0.4 is 5.32 Å². The minimum Gasteiger partial charge on any atom is -0.466 e. The lowest BCUT2D eigenvalue weighted by Crippen LogP contribution is -2.47. The van der Waals surface area contributed by atoms with E-state index in [1.165, 1.54) is 0 Å². The van der Waals surface area contributed by atoms with Crippen molar-refractivity contribution >= 4 is 5.97 Å². The number of rotatable bonds is 8. The van der Waals surface area contributed by atoms with E-state index >= 15 is 0 Å². The van der Waals surface area contributed by atoms with Gasteiger partial charge in [0.05, 0.1) is 25.2 Å². The first kappa shape index (κ1) is 14.4. The molecule has 0 radical (unpaired) electrons. The van der Waals surface area contributed by atoms with Crippen LogP contribution in [0.15, 0.2) is 0 Å². The summed E-state index contributed by atoms with van der Waals surface area (Å²) in [6, 6.07) is 0.406. The Labute approximate surface area is 102 Å². The van der Waals surface area contributed by atoms with E-state index < -0.39 is 6.10 Å². The number of carbonyl (C=O) groups is 1. The van der Waals surface area contributed by atoms with Crippen molar-refractivity contribution in [2.75, 3.05) is 19.8 Å². The van der Waals surface area contributed by atoms with Crippen LogP contribution in [-0.4, -0.2) is 49.1 Å². The molecular weight excluding hydrogens is 222 g/mol. The van der Waals surface area contributed by atoms with E-state index in [-0.39, 0.29) is 12.4 Å². The van der Waals surface area contributed by atoms with Crippen LogP contribution in [0.5, 0.6) is 0 Å². The molecule has 1 rings (SSSR count). The lowest BCUT2D eigenvalue weighted by Gasteiger charge is -2.36. The summed E-state index contributed by atoms with van der Waals surface area (Å²) in [5, 5.41) is 12.8. The van der Waals surface area contributed by atoms with Gasteiger partial charge in [0.2, 0.25) is 0 Å². The van der Waals surface area contributed by atoms with Gasteiger partial charge in [-0.25, -0.2) is 0 Å². The summed E-state index contributed by atoms with van der Waals surface area (Å²) >= 11 is 0. The summed E-state index contributed by atoms with van der Waals surface area (Å²) in [5.41, 5.74) is 0. The Balaban J connectivity index is 2.01. The standard InChI is InChI=1S/C12H23NO4/c1-3-16-11-5-9(6-11)13-8-10(14)7-12(15)17-4-2/h9-11,13-14H,3-8H2,1-2H3. The lowest BCUT2D eigenvalue weighted by molar-refractivity contribution is -0.145. The van der Waals surface area contributed by atoms with Crippen LogP contribution in [0.1, 0.15) is 33.1 Å². The quantitative estimate of drug-likeness (QED) is 0.608. The molecule has 0 aromatic carbocycles. The number of hydrogen-bond donors (Lipinski definition) is 2. The van der Waals surface area contributed by atoms with Crippen LogP contribution in [0.2, 0.25) is 0 Å². The molecule has 0 saturated heterocycles. The smallest absolute Gasteiger partial charge is 0.308 e. The average molecular weight is 245 g/mol. The van der Waals surface area contributed by atoms with Gasteiger partial charge in [0.15, 0.2) is 0 Å². The van der Waals surface area contributed by atoms with Gasteiger partial charge in [-0.2, -0.15) is 0 Å². The van der Waals surface area contributed by atoms with Gasteiger partial charge in [-0.3, -0.25) is 4.79 Å². The molecule has 17 heavy (non-hydrogen) atoms. The highest BCUT2D eigenvalue weighted by atomic mass is 16.5. The van der Waals surface area contributed by atoms with Crippen LogP contribution >= 0.6 is 0 Å². The molecule has 1 aliphatic rings. The second-order valence-electron chi connectivity index (χ2n) is 4.32. The van der Waals surface area contributed by atoms with Crippen molar-refractivity contribution in [1.29, 1.82) is 0 Å². The second-order valence-corrected chi connectivity index (χ2v) is 4.32. The fraction of sp³-hybridized carbons (Fsp3) is 0.917. The van der Waals surface area contributed by atoms with Gasteiger partial charge in [-0.1, -0.05) is 0 Å². The Morgan fingerprint density at radius 3 is 2.71 bits per heavy atom. The van der Waals surface area contributed by atoms with Crippen LogP contribution in [0.3, 0.4) is 0 Å². The third kappa shape index (κ3) is 5.48. The first-order valence-electron chi connectivity index (χ1n) is 6.34. The number of carbonyl (C=O) groups excluding carboxylic acids is 1. The van der Waals surface area contributed by atoms with E-state index in [1.54, 1.807) is 6.92 Å². The highest BCUT2D eigenvalue weighted by Gasteiger charge is 2.29. The van der Waals surface area contributed by atoms with E-state index in [0.717, 1.165) is 19.4 Å². The number of aliphatic hydroxyl groups is 1. The zero-order chi connectivity index (χ0) is 12.7. The number of aliphatic hydroxyl groups excluding tert-OH is 1. The molecule has 1 saturated carbocycles. The van der Waals surface area contributed by atoms with Gasteiger partial charge < -0.3 is 19.9 Å². The first-order chi connectivity index (χ1) is 8.15. The maximum absolute atomic E-state index is 11.1. The van der Waals surface area contributed by atoms with E-state index in [1.807, 2.05) is 6.92 Å². The zero-order valence-electron chi connectivity index (χ0n) is 10.6. The third-order valence-electron chi connectivity index (χ3n) is 2.85. The molecule has 1 atom stereocenters. The Morgan fingerprint density at radius 2 is 2.12 bits per heavy atom. The maximum Gasteiger partial charge on any atom is 0.308 e. The van der Waals surface area contributed by atoms with Crippen molar-refractivity contribution in [1.82, 2.24) is 5.32 Å². The summed E-state index contributed by atoms with van der Waals surface area (Å²) in [7, 11) is 0. The summed E-state index contributed by atoms with van der Waals surface area (Å²) in [6.45, 7) is 5.29. The monoisotopic (exact) mass is 245 g/mol. The summed E-state index contributed by atoms with van der Waals surface area (Å²) in [5.74, 6) is -0.345. The van der Waals surface area contributed by atoms with Crippen molar-refractivity contribution in [2.24, 2.45) is 0 Å². The molecule has 5 nitrogen and oxygen atoms in total. The van der Waals surface area contributed by atoms with Gasteiger partial charge in [-0.05, 0) is 26.7 Å². The van der Waals surface area contributed by atoms with Crippen LogP contribution in [0.4, 0.5) is 0 Å². The lowest BCUT2D eigenvalue weighted by atomic mass is 9.89. The number of esters is 1. The van der Waals surface area contributed by atoms with E-state index in [9.17, 15) is 9.90 Å². The van der Waals surface area contributed by atoms with Crippen LogP contribution in [0.25, 0.3) is 0 Å². The fourth-order valence-corrected chi connectivity index (χ4v) is 1.89. The highest BCUT2D eigenvalue weighted by Crippen LogP contribution is 2.23. The molecule has 5 heteroatoms. The second kappa shape index (κ2) is 7.63. The van der Waals surface area contributed by atoms with Crippen LogP contribution in [-0.2, 0) is 14.3 Å². The molecular formula is C12H23NO4. The Kier molecular flexibility index (Phi) is 6.47. The molecule has 100 valence electrons. The van der Waals surface area contributed by atoms with E-state index in [4.69, 9.17) is 9.47 Å². The van der Waals surface area contributed by atoms with Crippen molar-refractivity contribution in [3.8, 4) is 0 Å². The summed E-state index contributed by atoms with van der Waals surface area (Å²) in [6.07, 6.45) is 1.72. The Morgan fingerprint density at radius 1 is 1.41 bits per heavy atom. The number of nitrogens with one attached hydrogen (secondary N) is 1. The van der Waals surface area contributed by atoms with Crippen molar-refractivity contribution < 1.29 is 19.4 Å². The minimum atomic E-state index is -0.666. The molecule has 0 aromatic rings. The molecule has 1 fully saturated rings. The molecule has 2 N–H and O–H groups in total. The average Bonchev–Trinajstić information content (AvgIpc) is 2.21. The number of ether oxygens (including phenoxy) is 2. The van der Waals surface area contributed by atoms with Crippen molar-refractivity contribution in [3.63, 3.8) is 0 Å². The van der Waals surface area contributed by atoms with Gasteiger partial charge in [0.1, 0.15) is 0 Å². The topological polar surface area (TPSA) is 67.8 Å². The summed E-state index contributed by atoms with van der Waals surface area (Å²) < 4.78 is 10.2. The van der Waals surface area contributed by atoms with Crippen LogP contribution in [0, 0.1) is 0 Å². The third-order valence-corrected chi connectivity index (χ3v) is 2.85. The molecule has 0 amide bonds. The molecule has 1 aliphatic carbocycles. The molecule has 0 bridgehead atoms. The largest absolute Gasteiger partial charge is 0.466 e. The van der Waals surface area contributed by atoms with Gasteiger partial charge in [0.25, 0.3) is 0 Å². The Hall–Kier alpha value is -0.650. The molecule has 0 spiro atoms. The fourth-order valence-electron chi connectivity index (χ4n) is 1.89. The highest BCUT2D eigenvalue weighted by molar-refractivity contribution is 5.69. The minimum absolute atomic E-state index is 0.0580. The van der Waals surface area contributed by atoms with Gasteiger partial charge >= 0.3 is 5.97 Å². The maximum atomic E-state index is 11.1.